The van der Waals surface area contributed by atoms with Crippen molar-refractivity contribution in [1.29, 1.82) is 0 Å². The van der Waals surface area contributed by atoms with Crippen molar-refractivity contribution in [2.75, 3.05) is 6.54 Å². The van der Waals surface area contributed by atoms with Crippen molar-refractivity contribution in [3.8, 4) is 0 Å². The molecule has 0 aliphatic carbocycles. The molecule has 0 radical (unpaired) electrons. The Hall–Kier alpha value is -2.51. The van der Waals surface area contributed by atoms with E-state index in [4.69, 9.17) is 0 Å². The first kappa shape index (κ1) is 17.9. The number of aromatic nitrogens is 3. The van der Waals surface area contributed by atoms with E-state index in [1.165, 1.54) is 9.75 Å². The van der Waals surface area contributed by atoms with E-state index in [1.54, 1.807) is 28.9 Å². The normalized spacial score (nSPS) is 11.2. The Kier molecular flexibility index (Phi) is 5.05. The van der Waals surface area contributed by atoms with E-state index < -0.39 is 0 Å². The molecule has 0 unspecified atom stereocenters. The van der Waals surface area contributed by atoms with Crippen LogP contribution in [0.15, 0.2) is 47.3 Å². The number of carbonyl (C=O) groups is 1. The fourth-order valence-corrected chi connectivity index (χ4v) is 4.51. The summed E-state index contributed by atoms with van der Waals surface area (Å²) in [5.41, 5.74) is 2.26. The molecule has 4 aromatic rings. The fourth-order valence-electron chi connectivity index (χ4n) is 3.10. The number of hydrogen-bond acceptors (Lipinski definition) is 5. The number of hydrogen-bond donors (Lipinski definition) is 0. The second kappa shape index (κ2) is 7.62. The standard InChI is InChI=1S/C20H20N4OS2/c1-3-23(12-15-6-4-8-26-15)20(25)17-10-14(2)22-19-18(17)11-21-24(19)13-16-7-5-9-27-16/h4-11H,3,12-13H2,1-2H3. The Morgan fingerprint density at radius 2 is 1.93 bits per heavy atom. The summed E-state index contributed by atoms with van der Waals surface area (Å²) in [6, 6.07) is 10.1. The smallest absolute Gasteiger partial charge is 0.255 e. The average Bonchev–Trinajstić information content (AvgIpc) is 3.42. The molecule has 138 valence electrons. The minimum Gasteiger partial charge on any atom is -0.334 e. The Bertz CT molecular complexity index is 1050. The predicted molar refractivity (Wildman–Crippen MR) is 110 cm³/mol. The summed E-state index contributed by atoms with van der Waals surface area (Å²) in [7, 11) is 0. The Balaban J connectivity index is 1.70. The first-order valence-electron chi connectivity index (χ1n) is 8.83. The van der Waals surface area contributed by atoms with Crippen LogP contribution in [-0.2, 0) is 13.1 Å². The summed E-state index contributed by atoms with van der Waals surface area (Å²) in [6.07, 6.45) is 1.77. The quantitative estimate of drug-likeness (QED) is 0.480. The first-order chi connectivity index (χ1) is 13.2. The van der Waals surface area contributed by atoms with Gasteiger partial charge in [0.2, 0.25) is 0 Å². The number of rotatable bonds is 6. The zero-order chi connectivity index (χ0) is 18.8. The van der Waals surface area contributed by atoms with Crippen LogP contribution in [0, 0.1) is 6.92 Å². The topological polar surface area (TPSA) is 51.0 Å². The molecule has 0 atom stereocenters. The third-order valence-corrected chi connectivity index (χ3v) is 6.17. The molecule has 0 saturated carbocycles. The molecule has 0 N–H and O–H groups in total. The van der Waals surface area contributed by atoms with Crippen molar-refractivity contribution in [3.05, 3.63) is 68.3 Å². The lowest BCUT2D eigenvalue weighted by atomic mass is 10.1. The highest BCUT2D eigenvalue weighted by molar-refractivity contribution is 7.10. The van der Waals surface area contributed by atoms with Crippen LogP contribution in [0.1, 0.15) is 32.7 Å². The first-order valence-corrected chi connectivity index (χ1v) is 10.6. The molecule has 0 saturated heterocycles. The number of amides is 1. The summed E-state index contributed by atoms with van der Waals surface area (Å²) in [6.45, 7) is 5.88. The molecule has 0 bridgehead atoms. The van der Waals surface area contributed by atoms with Crippen molar-refractivity contribution >= 4 is 39.6 Å². The van der Waals surface area contributed by atoms with Crippen LogP contribution in [0.3, 0.4) is 0 Å². The van der Waals surface area contributed by atoms with E-state index in [0.717, 1.165) is 16.7 Å². The number of aryl methyl sites for hydroxylation is 1. The van der Waals surface area contributed by atoms with Gasteiger partial charge in [-0.1, -0.05) is 12.1 Å². The number of carbonyl (C=O) groups excluding carboxylic acids is 1. The predicted octanol–water partition coefficient (Wildman–Crippen LogP) is 4.57. The molecule has 4 heterocycles. The maximum Gasteiger partial charge on any atom is 0.255 e. The molecular formula is C20H20N4OS2. The van der Waals surface area contributed by atoms with Crippen molar-refractivity contribution < 1.29 is 4.79 Å². The highest BCUT2D eigenvalue weighted by Crippen LogP contribution is 2.23. The van der Waals surface area contributed by atoms with E-state index in [2.05, 4.69) is 27.6 Å². The van der Waals surface area contributed by atoms with E-state index in [9.17, 15) is 4.79 Å². The van der Waals surface area contributed by atoms with Gasteiger partial charge in [-0.2, -0.15) is 5.10 Å². The molecule has 0 fully saturated rings. The average molecular weight is 397 g/mol. The van der Waals surface area contributed by atoms with Crippen molar-refractivity contribution in [2.45, 2.75) is 26.9 Å². The monoisotopic (exact) mass is 396 g/mol. The lowest BCUT2D eigenvalue weighted by molar-refractivity contribution is 0.0756. The second-order valence-corrected chi connectivity index (χ2v) is 8.39. The molecular weight excluding hydrogens is 376 g/mol. The third-order valence-electron chi connectivity index (χ3n) is 4.45. The lowest BCUT2D eigenvalue weighted by Gasteiger charge is -2.20. The van der Waals surface area contributed by atoms with Gasteiger partial charge in [-0.3, -0.25) is 4.79 Å². The number of fused-ring (bicyclic) bond motifs is 1. The van der Waals surface area contributed by atoms with Gasteiger partial charge in [-0.25, -0.2) is 9.67 Å². The number of pyridine rings is 1. The highest BCUT2D eigenvalue weighted by Gasteiger charge is 2.21. The van der Waals surface area contributed by atoms with E-state index in [1.807, 2.05) is 47.0 Å². The van der Waals surface area contributed by atoms with Gasteiger partial charge in [0.15, 0.2) is 5.65 Å². The van der Waals surface area contributed by atoms with Gasteiger partial charge in [0.1, 0.15) is 0 Å². The minimum absolute atomic E-state index is 0.0251. The minimum atomic E-state index is 0.0251. The largest absolute Gasteiger partial charge is 0.334 e. The third kappa shape index (κ3) is 3.65. The SMILES string of the molecule is CCN(Cc1cccs1)C(=O)c1cc(C)nc2c1cnn2Cc1cccs1. The molecule has 4 aromatic heterocycles. The van der Waals surface area contributed by atoms with Crippen LogP contribution in [0.2, 0.25) is 0 Å². The van der Waals surface area contributed by atoms with Gasteiger partial charge in [0.05, 0.1) is 30.2 Å². The number of thiophene rings is 2. The van der Waals surface area contributed by atoms with Crippen molar-refractivity contribution in [3.63, 3.8) is 0 Å². The van der Waals surface area contributed by atoms with Gasteiger partial charge in [-0.15, -0.1) is 22.7 Å². The molecule has 4 rings (SSSR count). The molecule has 0 aromatic carbocycles. The zero-order valence-corrected chi connectivity index (χ0v) is 16.9. The van der Waals surface area contributed by atoms with Crippen LogP contribution in [-0.4, -0.2) is 32.1 Å². The Morgan fingerprint density at radius 1 is 1.19 bits per heavy atom. The van der Waals surface area contributed by atoms with Gasteiger partial charge in [0, 0.05) is 22.0 Å². The molecule has 1 amide bonds. The van der Waals surface area contributed by atoms with Crippen LogP contribution >= 0.6 is 22.7 Å². The van der Waals surface area contributed by atoms with E-state index >= 15 is 0 Å². The number of nitrogens with zero attached hydrogens (tertiary/aromatic N) is 4. The maximum absolute atomic E-state index is 13.3. The lowest BCUT2D eigenvalue weighted by Crippen LogP contribution is -2.30. The second-order valence-electron chi connectivity index (χ2n) is 6.33. The highest BCUT2D eigenvalue weighted by atomic mass is 32.1. The summed E-state index contributed by atoms with van der Waals surface area (Å²) >= 11 is 3.36. The van der Waals surface area contributed by atoms with E-state index in [0.29, 0.717) is 25.2 Å². The molecule has 0 aliphatic heterocycles. The Morgan fingerprint density at radius 3 is 2.59 bits per heavy atom. The van der Waals surface area contributed by atoms with Gasteiger partial charge < -0.3 is 4.90 Å². The Labute approximate surface area is 165 Å². The zero-order valence-electron chi connectivity index (χ0n) is 15.3. The summed E-state index contributed by atoms with van der Waals surface area (Å²) in [4.78, 5) is 22.2. The summed E-state index contributed by atoms with van der Waals surface area (Å²) in [5, 5.41) is 9.41. The molecule has 5 nitrogen and oxygen atoms in total. The molecule has 27 heavy (non-hydrogen) atoms. The summed E-state index contributed by atoms with van der Waals surface area (Å²) < 4.78 is 1.88. The summed E-state index contributed by atoms with van der Waals surface area (Å²) in [5.74, 6) is 0.0251. The van der Waals surface area contributed by atoms with Crippen LogP contribution in [0.5, 0.6) is 0 Å². The molecule has 0 aliphatic rings. The fraction of sp³-hybridized carbons (Fsp3) is 0.250. The van der Waals surface area contributed by atoms with Gasteiger partial charge in [0.25, 0.3) is 5.91 Å². The molecule has 0 spiro atoms. The molecule has 7 heteroatoms. The van der Waals surface area contributed by atoms with Crippen molar-refractivity contribution in [1.82, 2.24) is 19.7 Å². The van der Waals surface area contributed by atoms with Gasteiger partial charge >= 0.3 is 0 Å². The van der Waals surface area contributed by atoms with Crippen LogP contribution in [0.4, 0.5) is 0 Å². The van der Waals surface area contributed by atoms with Crippen molar-refractivity contribution in [2.24, 2.45) is 0 Å². The maximum atomic E-state index is 13.3. The van der Waals surface area contributed by atoms with Crippen LogP contribution < -0.4 is 0 Å². The van der Waals surface area contributed by atoms with Gasteiger partial charge in [-0.05, 0) is 42.8 Å². The van der Waals surface area contributed by atoms with E-state index in [-0.39, 0.29) is 5.91 Å². The van der Waals surface area contributed by atoms with Crippen LogP contribution in [0.25, 0.3) is 11.0 Å².